The molecule has 2 fully saturated rings. The number of nitrogens with one attached hydrogen (secondary N) is 1. The first-order valence-electron chi connectivity index (χ1n) is 8.87. The molecule has 3 heterocycles. The van der Waals surface area contributed by atoms with Gasteiger partial charge in [0.2, 0.25) is 0 Å². The zero-order valence-corrected chi connectivity index (χ0v) is 15.2. The van der Waals surface area contributed by atoms with Crippen LogP contribution in [-0.4, -0.2) is 55.1 Å². The predicted octanol–water partition coefficient (Wildman–Crippen LogP) is 3.12. The minimum atomic E-state index is 0.581. The summed E-state index contributed by atoms with van der Waals surface area (Å²) in [5.74, 6) is 0.914. The van der Waals surface area contributed by atoms with E-state index >= 15 is 0 Å². The van der Waals surface area contributed by atoms with E-state index in [0.717, 1.165) is 12.5 Å². The summed E-state index contributed by atoms with van der Waals surface area (Å²) in [7, 11) is 0. The van der Waals surface area contributed by atoms with Gasteiger partial charge in [0.25, 0.3) is 0 Å². The van der Waals surface area contributed by atoms with Gasteiger partial charge >= 0.3 is 0 Å². The number of likely N-dealkylation sites (tertiary alicyclic amines) is 1. The molecule has 1 aromatic heterocycles. The van der Waals surface area contributed by atoms with Gasteiger partial charge in [0.1, 0.15) is 0 Å². The first-order valence-corrected chi connectivity index (χ1v) is 9.75. The molecule has 124 valence electrons. The standard InChI is InChI=1S/C18H31N3S/c1-14-4-8-20(9-5-14)13-17(18-15(2)6-11-22-18)21-10-7-19-16(3)12-21/h6,11,14,16-17,19H,4-5,7-10,12-13H2,1-3H3. The summed E-state index contributed by atoms with van der Waals surface area (Å²) in [4.78, 5) is 7.02. The van der Waals surface area contributed by atoms with Crippen LogP contribution < -0.4 is 5.32 Å². The highest BCUT2D eigenvalue weighted by Crippen LogP contribution is 2.31. The number of hydrogen-bond acceptors (Lipinski definition) is 4. The molecule has 1 N–H and O–H groups in total. The van der Waals surface area contributed by atoms with Crippen LogP contribution in [0.1, 0.15) is 43.2 Å². The molecule has 3 rings (SSSR count). The average Bonchev–Trinajstić information content (AvgIpc) is 2.92. The van der Waals surface area contributed by atoms with Crippen LogP contribution in [0.25, 0.3) is 0 Å². The van der Waals surface area contributed by atoms with E-state index in [1.54, 1.807) is 4.88 Å². The third kappa shape index (κ3) is 3.91. The Hall–Kier alpha value is -0.420. The maximum atomic E-state index is 3.58. The summed E-state index contributed by atoms with van der Waals surface area (Å²) in [5.41, 5.74) is 1.48. The molecule has 0 saturated carbocycles. The molecule has 0 amide bonds. The second-order valence-corrected chi connectivity index (χ2v) is 8.26. The van der Waals surface area contributed by atoms with Crippen molar-refractivity contribution in [2.45, 2.75) is 45.7 Å². The van der Waals surface area contributed by atoms with Crippen molar-refractivity contribution in [3.63, 3.8) is 0 Å². The normalized spacial score (nSPS) is 27.1. The van der Waals surface area contributed by atoms with Gasteiger partial charge < -0.3 is 10.2 Å². The van der Waals surface area contributed by atoms with Crippen molar-refractivity contribution in [1.29, 1.82) is 0 Å². The molecule has 0 aromatic carbocycles. The summed E-state index contributed by atoms with van der Waals surface area (Å²) in [6.07, 6.45) is 2.74. The second kappa shape index (κ2) is 7.43. The molecule has 2 unspecified atom stereocenters. The molecule has 2 saturated heterocycles. The number of piperazine rings is 1. The Balaban J connectivity index is 1.73. The summed E-state index contributed by atoms with van der Waals surface area (Å²) >= 11 is 1.95. The molecule has 2 atom stereocenters. The second-order valence-electron chi connectivity index (χ2n) is 7.32. The zero-order chi connectivity index (χ0) is 15.5. The van der Waals surface area contributed by atoms with E-state index in [4.69, 9.17) is 0 Å². The zero-order valence-electron chi connectivity index (χ0n) is 14.3. The van der Waals surface area contributed by atoms with E-state index in [0.29, 0.717) is 12.1 Å². The Bertz CT molecular complexity index is 465. The van der Waals surface area contributed by atoms with Crippen LogP contribution in [0.2, 0.25) is 0 Å². The van der Waals surface area contributed by atoms with Gasteiger partial charge in [-0.3, -0.25) is 4.90 Å². The summed E-state index contributed by atoms with van der Waals surface area (Å²) < 4.78 is 0. The fourth-order valence-electron chi connectivity index (χ4n) is 3.82. The lowest BCUT2D eigenvalue weighted by molar-refractivity contribution is 0.0943. The predicted molar refractivity (Wildman–Crippen MR) is 95.7 cm³/mol. The Kier molecular flexibility index (Phi) is 5.55. The third-order valence-electron chi connectivity index (χ3n) is 5.35. The number of aryl methyl sites for hydroxylation is 1. The molecule has 0 radical (unpaired) electrons. The minimum Gasteiger partial charge on any atom is -0.312 e. The first kappa shape index (κ1) is 16.4. The maximum Gasteiger partial charge on any atom is 0.0572 e. The van der Waals surface area contributed by atoms with Gasteiger partial charge in [-0.15, -0.1) is 11.3 Å². The molecule has 0 spiro atoms. The van der Waals surface area contributed by atoms with E-state index in [-0.39, 0.29) is 0 Å². The summed E-state index contributed by atoms with van der Waals surface area (Å²) in [6, 6.07) is 3.48. The lowest BCUT2D eigenvalue weighted by Gasteiger charge is -2.41. The van der Waals surface area contributed by atoms with Crippen molar-refractivity contribution in [3.8, 4) is 0 Å². The average molecular weight is 322 g/mol. The highest BCUT2D eigenvalue weighted by atomic mass is 32.1. The van der Waals surface area contributed by atoms with Crippen molar-refractivity contribution >= 4 is 11.3 Å². The van der Waals surface area contributed by atoms with Crippen molar-refractivity contribution in [3.05, 3.63) is 21.9 Å². The molecule has 4 heteroatoms. The van der Waals surface area contributed by atoms with Crippen molar-refractivity contribution in [1.82, 2.24) is 15.1 Å². The Morgan fingerprint density at radius 1 is 1.27 bits per heavy atom. The van der Waals surface area contributed by atoms with Crippen LogP contribution in [0.5, 0.6) is 0 Å². The fourth-order valence-corrected chi connectivity index (χ4v) is 4.88. The number of hydrogen-bond donors (Lipinski definition) is 1. The molecule has 0 bridgehead atoms. The first-order chi connectivity index (χ1) is 10.6. The summed E-state index contributed by atoms with van der Waals surface area (Å²) in [6.45, 7) is 14.2. The highest BCUT2D eigenvalue weighted by molar-refractivity contribution is 7.10. The lowest BCUT2D eigenvalue weighted by atomic mass is 9.98. The Morgan fingerprint density at radius 3 is 2.68 bits per heavy atom. The largest absolute Gasteiger partial charge is 0.312 e. The lowest BCUT2D eigenvalue weighted by Crippen LogP contribution is -2.52. The maximum absolute atomic E-state index is 3.58. The molecular formula is C18H31N3S. The van der Waals surface area contributed by atoms with Gasteiger partial charge in [0, 0.05) is 37.1 Å². The van der Waals surface area contributed by atoms with Crippen LogP contribution in [-0.2, 0) is 0 Å². The van der Waals surface area contributed by atoms with Crippen LogP contribution >= 0.6 is 11.3 Å². The molecule has 3 nitrogen and oxygen atoms in total. The number of nitrogens with zero attached hydrogens (tertiary/aromatic N) is 2. The van der Waals surface area contributed by atoms with Gasteiger partial charge in [0.05, 0.1) is 6.04 Å². The molecule has 1 aromatic rings. The molecule has 2 aliphatic rings. The minimum absolute atomic E-state index is 0.581. The van der Waals surface area contributed by atoms with Crippen LogP contribution in [0, 0.1) is 12.8 Å². The smallest absolute Gasteiger partial charge is 0.0572 e. The van der Waals surface area contributed by atoms with Gasteiger partial charge in [-0.1, -0.05) is 6.92 Å². The van der Waals surface area contributed by atoms with E-state index in [2.05, 4.69) is 47.3 Å². The van der Waals surface area contributed by atoms with Crippen LogP contribution in [0.4, 0.5) is 0 Å². The molecular weight excluding hydrogens is 290 g/mol. The van der Waals surface area contributed by atoms with Crippen LogP contribution in [0.15, 0.2) is 11.4 Å². The third-order valence-corrected chi connectivity index (χ3v) is 6.47. The quantitative estimate of drug-likeness (QED) is 0.919. The SMILES string of the molecule is Cc1ccsc1C(CN1CCC(C)CC1)N1CCNC(C)C1. The topological polar surface area (TPSA) is 18.5 Å². The fraction of sp³-hybridized carbons (Fsp3) is 0.778. The van der Waals surface area contributed by atoms with E-state index in [9.17, 15) is 0 Å². The molecule has 2 aliphatic heterocycles. The van der Waals surface area contributed by atoms with Gasteiger partial charge in [-0.25, -0.2) is 0 Å². The molecule has 0 aliphatic carbocycles. The summed E-state index contributed by atoms with van der Waals surface area (Å²) in [5, 5.41) is 5.85. The van der Waals surface area contributed by atoms with E-state index < -0.39 is 0 Å². The number of thiophene rings is 1. The van der Waals surface area contributed by atoms with Gasteiger partial charge in [-0.05, 0) is 62.7 Å². The van der Waals surface area contributed by atoms with E-state index in [1.807, 2.05) is 11.3 Å². The number of rotatable bonds is 4. The van der Waals surface area contributed by atoms with Gasteiger partial charge in [0.15, 0.2) is 0 Å². The van der Waals surface area contributed by atoms with Crippen LogP contribution in [0.3, 0.4) is 0 Å². The van der Waals surface area contributed by atoms with Crippen molar-refractivity contribution in [2.24, 2.45) is 5.92 Å². The van der Waals surface area contributed by atoms with Crippen molar-refractivity contribution in [2.75, 3.05) is 39.3 Å². The van der Waals surface area contributed by atoms with Crippen molar-refractivity contribution < 1.29 is 0 Å². The van der Waals surface area contributed by atoms with Gasteiger partial charge in [-0.2, -0.15) is 0 Å². The number of piperidine rings is 1. The molecule has 22 heavy (non-hydrogen) atoms. The van der Waals surface area contributed by atoms with E-state index in [1.165, 1.54) is 51.1 Å². The Morgan fingerprint density at radius 2 is 2.05 bits per heavy atom. The monoisotopic (exact) mass is 321 g/mol. The highest BCUT2D eigenvalue weighted by Gasteiger charge is 2.29. The Labute approximate surface area is 139 Å².